The quantitative estimate of drug-likeness (QED) is 0.419. The van der Waals surface area contributed by atoms with Gasteiger partial charge in [0, 0.05) is 24.1 Å². The molecule has 7 nitrogen and oxygen atoms in total. The molecule has 0 bridgehead atoms. The third-order valence-corrected chi connectivity index (χ3v) is 5.90. The monoisotopic (exact) mass is 513 g/mol. The number of aliphatic hydroxyl groups excluding tert-OH is 1. The van der Waals surface area contributed by atoms with Crippen molar-refractivity contribution in [2.45, 2.75) is 32.9 Å². The van der Waals surface area contributed by atoms with E-state index >= 15 is 0 Å². The first-order valence-electron chi connectivity index (χ1n) is 9.98. The van der Waals surface area contributed by atoms with E-state index in [9.17, 15) is 14.3 Å². The number of rotatable bonds is 9. The molecule has 1 aromatic heterocycles. The summed E-state index contributed by atoms with van der Waals surface area (Å²) in [4.78, 5) is 11.1. The fourth-order valence-electron chi connectivity index (χ4n) is 2.85. The minimum absolute atomic E-state index is 0.00889. The van der Waals surface area contributed by atoms with Gasteiger partial charge in [0.05, 0.1) is 28.8 Å². The molecule has 0 spiro atoms. The van der Waals surface area contributed by atoms with Crippen LogP contribution in [0.4, 0.5) is 4.39 Å². The van der Waals surface area contributed by atoms with E-state index in [1.54, 1.807) is 12.1 Å². The molecule has 1 atom stereocenters. The largest absolute Gasteiger partial charge is 0.489 e. The topological polar surface area (TPSA) is 93.6 Å². The number of benzene rings is 2. The van der Waals surface area contributed by atoms with Crippen LogP contribution in [0.15, 0.2) is 30.3 Å². The van der Waals surface area contributed by atoms with Crippen LogP contribution in [0.5, 0.6) is 11.5 Å². The number of carbonyl (C=O) groups is 1. The van der Waals surface area contributed by atoms with Crippen molar-refractivity contribution in [2.24, 2.45) is 0 Å². The number of aliphatic hydroxyl groups is 1. The number of aromatic nitrogens is 2. The Hall–Kier alpha value is -2.46. The molecule has 1 unspecified atom stereocenters. The molecule has 0 aliphatic rings. The first kappa shape index (κ1) is 25.2. The van der Waals surface area contributed by atoms with E-state index in [1.165, 1.54) is 30.4 Å². The maximum atomic E-state index is 14.7. The Morgan fingerprint density at radius 1 is 1.15 bits per heavy atom. The predicted octanol–water partition coefficient (Wildman–Crippen LogP) is 4.98. The predicted molar refractivity (Wildman–Crippen MR) is 127 cm³/mol. The summed E-state index contributed by atoms with van der Waals surface area (Å²) in [6.45, 7) is 4.66. The number of hydrogen-bond donors (Lipinski definition) is 2. The molecule has 11 heteroatoms. The van der Waals surface area contributed by atoms with Crippen molar-refractivity contribution >= 4 is 40.4 Å². The lowest BCUT2D eigenvalue weighted by Crippen LogP contribution is -2.40. The summed E-state index contributed by atoms with van der Waals surface area (Å²) >= 11 is 13.9. The number of nitrogens with one attached hydrogen (secondary N) is 1. The second-order valence-electron chi connectivity index (χ2n) is 7.38. The molecule has 0 radical (unpaired) electrons. The summed E-state index contributed by atoms with van der Waals surface area (Å²) in [6, 6.07) is 7.17. The Bertz CT molecular complexity index is 1140. The maximum absolute atomic E-state index is 14.7. The van der Waals surface area contributed by atoms with Crippen LogP contribution in [0.25, 0.3) is 21.1 Å². The highest BCUT2D eigenvalue weighted by Crippen LogP contribution is 2.38. The number of ether oxygens (including phenoxy) is 2. The van der Waals surface area contributed by atoms with Crippen LogP contribution in [-0.2, 0) is 4.79 Å². The highest BCUT2D eigenvalue weighted by molar-refractivity contribution is 7.18. The zero-order valence-corrected chi connectivity index (χ0v) is 20.4. The second kappa shape index (κ2) is 11.1. The van der Waals surface area contributed by atoms with E-state index < -0.39 is 11.9 Å². The van der Waals surface area contributed by atoms with Crippen molar-refractivity contribution < 1.29 is 23.8 Å². The van der Waals surface area contributed by atoms with Crippen LogP contribution < -0.4 is 14.8 Å². The van der Waals surface area contributed by atoms with Gasteiger partial charge in [0.15, 0.2) is 11.6 Å². The molecule has 0 saturated carbocycles. The smallest absolute Gasteiger partial charge is 0.217 e. The van der Waals surface area contributed by atoms with E-state index in [0.717, 1.165) is 5.56 Å². The van der Waals surface area contributed by atoms with Gasteiger partial charge in [-0.1, -0.05) is 34.5 Å². The van der Waals surface area contributed by atoms with Crippen LogP contribution in [-0.4, -0.2) is 46.6 Å². The first-order valence-corrected chi connectivity index (χ1v) is 11.6. The number of hydrogen-bond acceptors (Lipinski definition) is 7. The Labute approximate surface area is 204 Å². The number of halogens is 3. The summed E-state index contributed by atoms with van der Waals surface area (Å²) in [5.74, 6) is -0.529. The fourth-order valence-corrected chi connectivity index (χ4v) is 4.25. The highest BCUT2D eigenvalue weighted by atomic mass is 35.5. The Morgan fingerprint density at radius 3 is 2.52 bits per heavy atom. The summed E-state index contributed by atoms with van der Waals surface area (Å²) in [6.07, 6.45) is -0.00889. The van der Waals surface area contributed by atoms with Crippen molar-refractivity contribution in [3.05, 3.63) is 46.2 Å². The van der Waals surface area contributed by atoms with E-state index in [0.29, 0.717) is 26.4 Å². The number of amides is 1. The van der Waals surface area contributed by atoms with E-state index in [4.69, 9.17) is 32.7 Å². The summed E-state index contributed by atoms with van der Waals surface area (Å²) in [5, 5.41) is 21.8. The van der Waals surface area contributed by atoms with Crippen LogP contribution >= 0.6 is 34.5 Å². The molecule has 1 heterocycles. The molecule has 0 aliphatic heterocycles. The van der Waals surface area contributed by atoms with Gasteiger partial charge in [-0.2, -0.15) is 0 Å². The number of nitrogens with zero attached hydrogens (tertiary/aromatic N) is 2. The zero-order chi connectivity index (χ0) is 24.1. The van der Waals surface area contributed by atoms with Gasteiger partial charge in [-0.15, -0.1) is 10.2 Å². The summed E-state index contributed by atoms with van der Waals surface area (Å²) in [5.41, 5.74) is 1.10. The van der Waals surface area contributed by atoms with Crippen molar-refractivity contribution in [1.82, 2.24) is 15.5 Å². The molecule has 0 saturated heterocycles. The van der Waals surface area contributed by atoms with Gasteiger partial charge >= 0.3 is 0 Å². The van der Waals surface area contributed by atoms with Crippen LogP contribution in [0, 0.1) is 5.82 Å². The van der Waals surface area contributed by atoms with Crippen LogP contribution in [0.3, 0.4) is 0 Å². The first-order chi connectivity index (χ1) is 15.7. The highest BCUT2D eigenvalue weighted by Gasteiger charge is 2.18. The molecule has 2 N–H and O–H groups in total. The maximum Gasteiger partial charge on any atom is 0.217 e. The van der Waals surface area contributed by atoms with E-state index in [2.05, 4.69) is 15.5 Å². The van der Waals surface area contributed by atoms with Crippen molar-refractivity contribution in [2.75, 3.05) is 13.2 Å². The summed E-state index contributed by atoms with van der Waals surface area (Å²) < 4.78 is 25.7. The normalized spacial score (nSPS) is 12.0. The molecule has 1 amide bonds. The van der Waals surface area contributed by atoms with Gasteiger partial charge in [-0.25, -0.2) is 4.39 Å². The van der Waals surface area contributed by atoms with Crippen molar-refractivity contribution in [3.63, 3.8) is 0 Å². The van der Waals surface area contributed by atoms with Crippen molar-refractivity contribution in [3.8, 4) is 32.6 Å². The lowest BCUT2D eigenvalue weighted by atomic mass is 10.2. The molecule has 33 heavy (non-hydrogen) atoms. The SMILES string of the molecule is CC(=O)NC(CO)COc1cc(Cl)c(-c2nnc(-c3ccc(OC(C)C)c(Cl)c3)s2)cc1F. The molecular formula is C22H22Cl2FN3O4S. The minimum atomic E-state index is -0.671. The second-order valence-corrected chi connectivity index (χ2v) is 9.17. The average molecular weight is 514 g/mol. The van der Waals surface area contributed by atoms with Gasteiger partial charge in [-0.05, 0) is 38.1 Å². The minimum Gasteiger partial charge on any atom is -0.489 e. The van der Waals surface area contributed by atoms with Gasteiger partial charge in [0.2, 0.25) is 5.91 Å². The van der Waals surface area contributed by atoms with Crippen LogP contribution in [0.2, 0.25) is 10.0 Å². The molecule has 176 valence electrons. The zero-order valence-electron chi connectivity index (χ0n) is 18.1. The molecule has 3 rings (SSSR count). The standard InChI is InChI=1S/C22H22Cl2FN3O4S/c1-11(2)32-19-5-4-13(6-17(19)24)21-27-28-22(33-21)15-7-18(25)20(8-16(15)23)31-10-14(9-29)26-12(3)30/h4-8,11,14,29H,9-10H2,1-3H3,(H,26,30). The van der Waals surface area contributed by atoms with Crippen LogP contribution in [0.1, 0.15) is 20.8 Å². The third kappa shape index (κ3) is 6.54. The molecule has 0 aliphatic carbocycles. The number of carbonyl (C=O) groups excluding carboxylic acids is 1. The van der Waals surface area contributed by atoms with E-state index in [-0.39, 0.29) is 36.0 Å². The third-order valence-electron chi connectivity index (χ3n) is 4.29. The van der Waals surface area contributed by atoms with Gasteiger partial charge in [0.25, 0.3) is 0 Å². The molecular weight excluding hydrogens is 492 g/mol. The van der Waals surface area contributed by atoms with Crippen molar-refractivity contribution in [1.29, 1.82) is 0 Å². The Morgan fingerprint density at radius 2 is 1.88 bits per heavy atom. The van der Waals surface area contributed by atoms with Gasteiger partial charge in [0.1, 0.15) is 22.4 Å². The average Bonchev–Trinajstić information content (AvgIpc) is 3.23. The summed E-state index contributed by atoms with van der Waals surface area (Å²) in [7, 11) is 0. The Balaban J connectivity index is 1.79. The van der Waals surface area contributed by atoms with Gasteiger partial charge < -0.3 is 19.9 Å². The van der Waals surface area contributed by atoms with E-state index in [1.807, 2.05) is 19.9 Å². The molecule has 2 aromatic carbocycles. The lowest BCUT2D eigenvalue weighted by molar-refractivity contribution is -0.120. The fraction of sp³-hybridized carbons (Fsp3) is 0.318. The lowest BCUT2D eigenvalue weighted by Gasteiger charge is -2.16. The Kier molecular flexibility index (Phi) is 8.47. The van der Waals surface area contributed by atoms with Gasteiger partial charge in [-0.3, -0.25) is 4.79 Å². The molecule has 3 aromatic rings. The molecule has 0 fully saturated rings.